The Bertz CT molecular complexity index is 471. The van der Waals surface area contributed by atoms with Crippen LogP contribution in [0.3, 0.4) is 0 Å². The Kier molecular flexibility index (Phi) is 4.28. The van der Waals surface area contributed by atoms with Gasteiger partial charge >= 0.3 is 6.18 Å². The molecule has 5 heteroatoms. The summed E-state index contributed by atoms with van der Waals surface area (Å²) in [6, 6.07) is 4.98. The van der Waals surface area contributed by atoms with Gasteiger partial charge in [0.05, 0.1) is 5.56 Å². The minimum atomic E-state index is -4.31. The second-order valence-corrected chi connectivity index (χ2v) is 5.71. The average molecular weight is 286 g/mol. The molecule has 2 rings (SSSR count). The maximum Gasteiger partial charge on any atom is 0.416 e. The van der Waals surface area contributed by atoms with E-state index in [1.807, 2.05) is 0 Å². The van der Waals surface area contributed by atoms with Crippen LogP contribution in [0, 0.1) is 5.92 Å². The highest BCUT2D eigenvalue weighted by molar-refractivity contribution is 5.53. The van der Waals surface area contributed by atoms with Crippen molar-refractivity contribution in [1.29, 1.82) is 0 Å². The SMILES string of the molecule is CNCc1ccc(N2CC(C)CC2C)cc1C(F)(F)F. The van der Waals surface area contributed by atoms with E-state index in [1.54, 1.807) is 19.2 Å². The first kappa shape index (κ1) is 15.2. The number of rotatable bonds is 3. The van der Waals surface area contributed by atoms with E-state index in [0.29, 0.717) is 23.2 Å². The zero-order chi connectivity index (χ0) is 14.9. The molecule has 1 aliphatic rings. The normalized spacial score (nSPS) is 23.4. The van der Waals surface area contributed by atoms with Gasteiger partial charge in [-0.15, -0.1) is 0 Å². The maximum absolute atomic E-state index is 13.2. The molecule has 1 fully saturated rings. The van der Waals surface area contributed by atoms with E-state index in [4.69, 9.17) is 0 Å². The van der Waals surface area contributed by atoms with Crippen molar-refractivity contribution in [3.63, 3.8) is 0 Å². The van der Waals surface area contributed by atoms with Crippen molar-refractivity contribution in [2.24, 2.45) is 5.92 Å². The molecule has 2 atom stereocenters. The van der Waals surface area contributed by atoms with Crippen molar-refractivity contribution in [2.45, 2.75) is 39.0 Å². The fourth-order valence-corrected chi connectivity index (χ4v) is 3.01. The molecule has 1 aliphatic heterocycles. The van der Waals surface area contributed by atoms with E-state index >= 15 is 0 Å². The minimum absolute atomic E-state index is 0.223. The van der Waals surface area contributed by atoms with Crippen LogP contribution in [-0.4, -0.2) is 19.6 Å². The van der Waals surface area contributed by atoms with Crippen molar-refractivity contribution in [3.8, 4) is 0 Å². The van der Waals surface area contributed by atoms with Crippen LogP contribution >= 0.6 is 0 Å². The van der Waals surface area contributed by atoms with Gasteiger partial charge in [-0.1, -0.05) is 13.0 Å². The molecule has 20 heavy (non-hydrogen) atoms. The molecule has 0 bridgehead atoms. The third kappa shape index (κ3) is 3.08. The topological polar surface area (TPSA) is 15.3 Å². The molecule has 1 aromatic carbocycles. The Morgan fingerprint density at radius 1 is 1.30 bits per heavy atom. The standard InChI is InChI=1S/C15H21F3N2/c1-10-6-11(2)20(9-10)13-5-4-12(8-19-3)14(7-13)15(16,17)18/h4-5,7,10-11,19H,6,8-9H2,1-3H3. The van der Waals surface area contributed by atoms with Gasteiger partial charge in [-0.05, 0) is 44.0 Å². The van der Waals surface area contributed by atoms with E-state index < -0.39 is 11.7 Å². The van der Waals surface area contributed by atoms with Crippen LogP contribution in [0.15, 0.2) is 18.2 Å². The second kappa shape index (κ2) is 5.64. The summed E-state index contributed by atoms with van der Waals surface area (Å²) in [6.45, 7) is 5.25. The van der Waals surface area contributed by atoms with Gasteiger partial charge in [0.15, 0.2) is 0 Å². The van der Waals surface area contributed by atoms with Crippen LogP contribution < -0.4 is 10.2 Å². The number of anilines is 1. The molecule has 1 aromatic rings. The fourth-order valence-electron chi connectivity index (χ4n) is 3.01. The molecule has 0 spiro atoms. The number of nitrogens with zero attached hydrogens (tertiary/aromatic N) is 1. The van der Waals surface area contributed by atoms with Crippen molar-refractivity contribution < 1.29 is 13.2 Å². The first-order valence-corrected chi connectivity index (χ1v) is 6.94. The third-order valence-corrected chi connectivity index (χ3v) is 3.88. The lowest BCUT2D eigenvalue weighted by Gasteiger charge is -2.25. The second-order valence-electron chi connectivity index (χ2n) is 5.71. The zero-order valence-corrected chi connectivity index (χ0v) is 12.1. The number of halogens is 3. The molecular formula is C15H21F3N2. The van der Waals surface area contributed by atoms with Crippen molar-refractivity contribution in [1.82, 2.24) is 5.32 Å². The summed E-state index contributed by atoms with van der Waals surface area (Å²) in [5.74, 6) is 0.524. The average Bonchev–Trinajstić information content (AvgIpc) is 2.68. The highest BCUT2D eigenvalue weighted by Gasteiger charge is 2.35. The molecule has 1 heterocycles. The van der Waals surface area contributed by atoms with E-state index in [0.717, 1.165) is 13.0 Å². The molecule has 1 N–H and O–H groups in total. The monoisotopic (exact) mass is 286 g/mol. The minimum Gasteiger partial charge on any atom is -0.369 e. The summed E-state index contributed by atoms with van der Waals surface area (Å²) in [4.78, 5) is 2.07. The van der Waals surface area contributed by atoms with Crippen molar-refractivity contribution >= 4 is 5.69 Å². The van der Waals surface area contributed by atoms with Crippen LogP contribution in [0.1, 0.15) is 31.4 Å². The van der Waals surface area contributed by atoms with Gasteiger partial charge in [-0.25, -0.2) is 0 Å². The number of hydrogen-bond donors (Lipinski definition) is 1. The maximum atomic E-state index is 13.2. The number of nitrogens with one attached hydrogen (secondary N) is 1. The number of hydrogen-bond acceptors (Lipinski definition) is 2. The van der Waals surface area contributed by atoms with Gasteiger partial charge in [-0.3, -0.25) is 0 Å². The summed E-state index contributed by atoms with van der Waals surface area (Å²) in [5.41, 5.74) is 0.439. The van der Waals surface area contributed by atoms with Crippen molar-refractivity contribution in [2.75, 3.05) is 18.5 Å². The highest BCUT2D eigenvalue weighted by atomic mass is 19.4. The van der Waals surface area contributed by atoms with E-state index in [2.05, 4.69) is 24.1 Å². The lowest BCUT2D eigenvalue weighted by Crippen LogP contribution is -2.27. The largest absolute Gasteiger partial charge is 0.416 e. The van der Waals surface area contributed by atoms with Crippen LogP contribution in [0.5, 0.6) is 0 Å². The molecule has 0 amide bonds. The van der Waals surface area contributed by atoms with Crippen LogP contribution in [0.4, 0.5) is 18.9 Å². The summed E-state index contributed by atoms with van der Waals surface area (Å²) < 4.78 is 39.5. The lowest BCUT2D eigenvalue weighted by molar-refractivity contribution is -0.138. The predicted octanol–water partition coefficient (Wildman–Crippen LogP) is 3.66. The van der Waals surface area contributed by atoms with E-state index in [1.165, 1.54) is 6.07 Å². The summed E-state index contributed by atoms with van der Waals surface area (Å²) >= 11 is 0. The Labute approximate surface area is 118 Å². The Balaban J connectivity index is 2.37. The van der Waals surface area contributed by atoms with Gasteiger partial charge in [0.2, 0.25) is 0 Å². The summed E-state index contributed by atoms with van der Waals surface area (Å²) in [6.07, 6.45) is -3.28. The predicted molar refractivity (Wildman–Crippen MR) is 74.8 cm³/mol. The van der Waals surface area contributed by atoms with Gasteiger partial charge in [0.25, 0.3) is 0 Å². The Hall–Kier alpha value is -1.23. The Morgan fingerprint density at radius 2 is 2.00 bits per heavy atom. The van der Waals surface area contributed by atoms with Gasteiger partial charge < -0.3 is 10.2 Å². The molecule has 2 nitrogen and oxygen atoms in total. The van der Waals surface area contributed by atoms with Crippen LogP contribution in [0.2, 0.25) is 0 Å². The van der Waals surface area contributed by atoms with Crippen LogP contribution in [0.25, 0.3) is 0 Å². The number of benzene rings is 1. The molecule has 0 saturated carbocycles. The smallest absolute Gasteiger partial charge is 0.369 e. The van der Waals surface area contributed by atoms with Gasteiger partial charge in [0, 0.05) is 24.8 Å². The molecular weight excluding hydrogens is 265 g/mol. The molecule has 0 aromatic heterocycles. The van der Waals surface area contributed by atoms with E-state index in [9.17, 15) is 13.2 Å². The lowest BCUT2D eigenvalue weighted by atomic mass is 10.0. The molecule has 112 valence electrons. The van der Waals surface area contributed by atoms with Gasteiger partial charge in [-0.2, -0.15) is 13.2 Å². The molecule has 2 unspecified atom stereocenters. The third-order valence-electron chi connectivity index (χ3n) is 3.88. The summed E-state index contributed by atoms with van der Waals surface area (Å²) in [7, 11) is 1.65. The Morgan fingerprint density at radius 3 is 2.50 bits per heavy atom. The molecule has 0 radical (unpaired) electrons. The number of alkyl halides is 3. The quantitative estimate of drug-likeness (QED) is 0.912. The fraction of sp³-hybridized carbons (Fsp3) is 0.600. The summed E-state index contributed by atoms with van der Waals surface area (Å²) in [5, 5.41) is 2.79. The molecule has 0 aliphatic carbocycles. The van der Waals surface area contributed by atoms with E-state index in [-0.39, 0.29) is 6.54 Å². The van der Waals surface area contributed by atoms with Crippen molar-refractivity contribution in [3.05, 3.63) is 29.3 Å². The molecule has 1 saturated heterocycles. The first-order valence-electron chi connectivity index (χ1n) is 6.94. The van der Waals surface area contributed by atoms with Crippen LogP contribution in [-0.2, 0) is 12.7 Å². The van der Waals surface area contributed by atoms with Gasteiger partial charge in [0.1, 0.15) is 0 Å². The first-order chi connectivity index (χ1) is 9.32. The highest BCUT2D eigenvalue weighted by Crippen LogP contribution is 2.37. The zero-order valence-electron chi connectivity index (χ0n) is 12.1.